The number of hydrogen-bond acceptors (Lipinski definition) is 4. The van der Waals surface area contributed by atoms with Gasteiger partial charge >= 0.3 is 0 Å². The molecule has 0 bridgehead atoms. The van der Waals surface area contributed by atoms with Gasteiger partial charge < -0.3 is 10.0 Å². The van der Waals surface area contributed by atoms with Crippen molar-refractivity contribution in [3.05, 3.63) is 17.6 Å². The minimum atomic E-state index is 0.275. The van der Waals surface area contributed by atoms with E-state index < -0.39 is 0 Å². The van der Waals surface area contributed by atoms with E-state index in [0.29, 0.717) is 11.8 Å². The molecule has 0 amide bonds. The molecule has 1 saturated heterocycles. The fourth-order valence-electron chi connectivity index (χ4n) is 2.18. The van der Waals surface area contributed by atoms with Crippen LogP contribution in [0.2, 0.25) is 0 Å². The molecule has 1 aromatic rings. The maximum Gasteiger partial charge on any atom is 0.133 e. The minimum Gasteiger partial charge on any atom is -0.396 e. The van der Waals surface area contributed by atoms with Gasteiger partial charge in [-0.15, -0.1) is 0 Å². The standard InChI is InChI=1S/C13H21N3O/c1-9(2)13-14-10(3)6-12(15-13)16-5-4-11(7-16)8-17/h6,9,11,17H,4-5,7-8H2,1-3H3. The third-order valence-electron chi connectivity index (χ3n) is 3.24. The van der Waals surface area contributed by atoms with Crippen LogP contribution in [0, 0.1) is 12.8 Å². The van der Waals surface area contributed by atoms with E-state index in [1.54, 1.807) is 0 Å². The summed E-state index contributed by atoms with van der Waals surface area (Å²) in [6.45, 7) is 8.40. The van der Waals surface area contributed by atoms with Crippen molar-refractivity contribution >= 4 is 5.82 Å². The molecule has 0 spiro atoms. The summed E-state index contributed by atoms with van der Waals surface area (Å²) in [6.07, 6.45) is 1.05. The second-order valence-electron chi connectivity index (χ2n) is 5.16. The molecule has 4 heteroatoms. The second-order valence-corrected chi connectivity index (χ2v) is 5.16. The Balaban J connectivity index is 2.21. The Hall–Kier alpha value is -1.16. The third-order valence-corrected chi connectivity index (χ3v) is 3.24. The first-order valence-electron chi connectivity index (χ1n) is 6.31. The molecule has 0 radical (unpaired) electrons. The van der Waals surface area contributed by atoms with Gasteiger partial charge in [-0.05, 0) is 13.3 Å². The SMILES string of the molecule is Cc1cc(N2CCC(CO)C2)nc(C(C)C)n1. The topological polar surface area (TPSA) is 49.2 Å². The maximum atomic E-state index is 9.17. The molecule has 1 fully saturated rings. The highest BCUT2D eigenvalue weighted by Crippen LogP contribution is 2.23. The first-order chi connectivity index (χ1) is 8.10. The van der Waals surface area contributed by atoms with Crippen LogP contribution in [0.25, 0.3) is 0 Å². The summed E-state index contributed by atoms with van der Waals surface area (Å²) in [7, 11) is 0. The zero-order valence-electron chi connectivity index (χ0n) is 10.8. The van der Waals surface area contributed by atoms with E-state index in [0.717, 1.165) is 36.8 Å². The van der Waals surface area contributed by atoms with E-state index in [2.05, 4.69) is 28.7 Å². The van der Waals surface area contributed by atoms with E-state index in [9.17, 15) is 0 Å². The van der Waals surface area contributed by atoms with Crippen LogP contribution in [0.5, 0.6) is 0 Å². The summed E-state index contributed by atoms with van der Waals surface area (Å²) in [5.74, 6) is 2.67. The highest BCUT2D eigenvalue weighted by molar-refractivity contribution is 5.41. The summed E-state index contributed by atoms with van der Waals surface area (Å²) in [4.78, 5) is 11.3. The van der Waals surface area contributed by atoms with Crippen LogP contribution in [-0.2, 0) is 0 Å². The molecule has 1 N–H and O–H groups in total. The molecule has 1 aliphatic heterocycles. The highest BCUT2D eigenvalue weighted by atomic mass is 16.3. The summed E-state index contributed by atoms with van der Waals surface area (Å²) in [6, 6.07) is 2.03. The summed E-state index contributed by atoms with van der Waals surface area (Å²) in [5, 5.41) is 9.17. The van der Waals surface area contributed by atoms with Gasteiger partial charge in [0, 0.05) is 43.3 Å². The van der Waals surface area contributed by atoms with Crippen molar-refractivity contribution in [1.29, 1.82) is 0 Å². The lowest BCUT2D eigenvalue weighted by atomic mass is 10.1. The van der Waals surface area contributed by atoms with Crippen molar-refractivity contribution in [2.45, 2.75) is 33.1 Å². The van der Waals surface area contributed by atoms with Crippen molar-refractivity contribution in [1.82, 2.24) is 9.97 Å². The molecule has 2 rings (SSSR count). The van der Waals surface area contributed by atoms with Crippen LogP contribution < -0.4 is 4.90 Å². The molecule has 1 atom stereocenters. The quantitative estimate of drug-likeness (QED) is 0.866. The number of aryl methyl sites for hydroxylation is 1. The minimum absolute atomic E-state index is 0.275. The van der Waals surface area contributed by atoms with Gasteiger partial charge in [0.05, 0.1) is 0 Å². The Bertz CT molecular complexity index is 392. The molecule has 1 unspecified atom stereocenters. The van der Waals surface area contributed by atoms with Gasteiger partial charge in [-0.2, -0.15) is 0 Å². The number of rotatable bonds is 3. The second kappa shape index (κ2) is 5.00. The van der Waals surface area contributed by atoms with Crippen molar-refractivity contribution in [2.75, 3.05) is 24.6 Å². The van der Waals surface area contributed by atoms with E-state index in [1.807, 2.05) is 13.0 Å². The number of aliphatic hydroxyl groups excluding tert-OH is 1. The third kappa shape index (κ3) is 2.75. The van der Waals surface area contributed by atoms with Gasteiger partial charge in [0.25, 0.3) is 0 Å². The Labute approximate surface area is 103 Å². The van der Waals surface area contributed by atoms with Gasteiger partial charge in [0.1, 0.15) is 11.6 Å². The number of aliphatic hydroxyl groups is 1. The van der Waals surface area contributed by atoms with Gasteiger partial charge in [-0.1, -0.05) is 13.8 Å². The average molecular weight is 235 g/mol. The molecule has 17 heavy (non-hydrogen) atoms. The largest absolute Gasteiger partial charge is 0.396 e. The van der Waals surface area contributed by atoms with Crippen LogP contribution in [0.3, 0.4) is 0 Å². The van der Waals surface area contributed by atoms with E-state index in [1.165, 1.54) is 0 Å². The summed E-state index contributed by atoms with van der Waals surface area (Å²) < 4.78 is 0. The average Bonchev–Trinajstić information content (AvgIpc) is 2.76. The fourth-order valence-corrected chi connectivity index (χ4v) is 2.18. The van der Waals surface area contributed by atoms with Crippen molar-refractivity contribution in [3.63, 3.8) is 0 Å². The van der Waals surface area contributed by atoms with Crippen LogP contribution in [0.4, 0.5) is 5.82 Å². The molecule has 0 aromatic carbocycles. The van der Waals surface area contributed by atoms with Crippen LogP contribution in [0.1, 0.15) is 37.7 Å². The molecule has 4 nitrogen and oxygen atoms in total. The molecular formula is C13H21N3O. The number of anilines is 1. The van der Waals surface area contributed by atoms with Crippen molar-refractivity contribution < 1.29 is 5.11 Å². The normalized spacial score (nSPS) is 20.3. The summed E-state index contributed by atoms with van der Waals surface area (Å²) >= 11 is 0. The Morgan fingerprint density at radius 1 is 1.47 bits per heavy atom. The zero-order chi connectivity index (χ0) is 12.4. The molecule has 1 aliphatic rings. The number of nitrogens with zero attached hydrogens (tertiary/aromatic N) is 3. The predicted octanol–water partition coefficient (Wildman–Crippen LogP) is 1.73. The zero-order valence-corrected chi connectivity index (χ0v) is 10.8. The van der Waals surface area contributed by atoms with Crippen molar-refractivity contribution in [3.8, 4) is 0 Å². The smallest absolute Gasteiger partial charge is 0.133 e. The first-order valence-corrected chi connectivity index (χ1v) is 6.31. The predicted molar refractivity (Wildman–Crippen MR) is 68.3 cm³/mol. The Kier molecular flexibility index (Phi) is 3.62. The monoisotopic (exact) mass is 235 g/mol. The van der Waals surface area contributed by atoms with Crippen LogP contribution >= 0.6 is 0 Å². The molecule has 1 aromatic heterocycles. The van der Waals surface area contributed by atoms with E-state index in [4.69, 9.17) is 5.11 Å². The molecule has 0 aliphatic carbocycles. The van der Waals surface area contributed by atoms with Crippen LogP contribution in [0.15, 0.2) is 6.07 Å². The van der Waals surface area contributed by atoms with Gasteiger partial charge in [0.15, 0.2) is 0 Å². The Morgan fingerprint density at radius 3 is 2.82 bits per heavy atom. The Morgan fingerprint density at radius 2 is 2.24 bits per heavy atom. The maximum absolute atomic E-state index is 9.17. The fraction of sp³-hybridized carbons (Fsp3) is 0.692. The first kappa shape index (κ1) is 12.3. The number of hydrogen-bond donors (Lipinski definition) is 1. The van der Waals surface area contributed by atoms with E-state index >= 15 is 0 Å². The molecule has 94 valence electrons. The van der Waals surface area contributed by atoms with Crippen molar-refractivity contribution in [2.24, 2.45) is 5.92 Å². The molecule has 2 heterocycles. The molecule has 0 saturated carbocycles. The lowest BCUT2D eigenvalue weighted by Crippen LogP contribution is -2.22. The van der Waals surface area contributed by atoms with Gasteiger partial charge in [0.2, 0.25) is 0 Å². The highest BCUT2D eigenvalue weighted by Gasteiger charge is 2.23. The van der Waals surface area contributed by atoms with Crippen LogP contribution in [-0.4, -0.2) is 34.8 Å². The molecular weight excluding hydrogens is 214 g/mol. The number of aromatic nitrogens is 2. The lowest BCUT2D eigenvalue weighted by molar-refractivity contribution is 0.238. The summed E-state index contributed by atoms with van der Waals surface area (Å²) in [5.41, 5.74) is 1.02. The lowest BCUT2D eigenvalue weighted by Gasteiger charge is -2.19. The van der Waals surface area contributed by atoms with Gasteiger partial charge in [-0.3, -0.25) is 0 Å². The van der Waals surface area contributed by atoms with E-state index in [-0.39, 0.29) is 6.61 Å². The van der Waals surface area contributed by atoms with Gasteiger partial charge in [-0.25, -0.2) is 9.97 Å².